The minimum atomic E-state index is -4.78. The van der Waals surface area contributed by atoms with Gasteiger partial charge in [0.05, 0.1) is 35.3 Å². The molecule has 0 fully saturated rings. The third-order valence-electron chi connectivity index (χ3n) is 4.23. The number of anilines is 1. The van der Waals surface area contributed by atoms with Gasteiger partial charge in [0, 0.05) is 11.1 Å². The summed E-state index contributed by atoms with van der Waals surface area (Å²) in [4.78, 5) is 16.3. The lowest BCUT2D eigenvalue weighted by Crippen LogP contribution is -2.14. The molecule has 192 valence electrons. The van der Waals surface area contributed by atoms with Gasteiger partial charge in [0.25, 0.3) is 16.0 Å². The molecule has 0 radical (unpaired) electrons. The minimum Gasteiger partial charge on any atom is -0.510 e. The Balaban J connectivity index is 1.83. The molecule has 0 aliphatic carbocycles. The van der Waals surface area contributed by atoms with E-state index in [1.807, 2.05) is 0 Å². The fourth-order valence-electron chi connectivity index (χ4n) is 2.61. The number of aliphatic hydroxyl groups is 1. The number of rotatable bonds is 10. The molecule has 37 heavy (non-hydrogen) atoms. The number of azo groups is 2. The van der Waals surface area contributed by atoms with Crippen LogP contribution in [-0.2, 0) is 24.3 Å². The summed E-state index contributed by atoms with van der Waals surface area (Å²) in [5, 5.41) is 39.3. The van der Waals surface area contributed by atoms with E-state index in [1.165, 1.54) is 31.5 Å². The molecule has 0 unspecified atom stereocenters. The molecular formula is C21H18N6O8S2. The number of pyridine rings is 1. The van der Waals surface area contributed by atoms with Crippen molar-refractivity contribution in [2.75, 3.05) is 5.32 Å². The highest BCUT2D eigenvalue weighted by atomic mass is 32.2. The summed E-state index contributed by atoms with van der Waals surface area (Å²) in [5.41, 5.74) is -0.0197. The van der Waals surface area contributed by atoms with E-state index in [4.69, 9.17) is 5.26 Å². The fraction of sp³-hybridized carbons (Fsp3) is 0.0476. The summed E-state index contributed by atoms with van der Waals surface area (Å²) in [6.45, 7) is 1.20. The molecule has 3 aromatic rings. The first-order chi connectivity index (χ1) is 17.7. The normalized spacial score (nSPS) is 12.6. The number of aromatic nitrogens is 1. The van der Waals surface area contributed by atoms with Crippen LogP contribution in [-0.4, -0.2) is 34.2 Å². The van der Waals surface area contributed by atoms with Gasteiger partial charge in [0.2, 0.25) is 0 Å². The van der Waals surface area contributed by atoms with E-state index in [-0.39, 0.29) is 11.4 Å². The van der Waals surface area contributed by atoms with Gasteiger partial charge in [0.1, 0.15) is 16.3 Å². The van der Waals surface area contributed by atoms with Crippen LogP contribution in [0.1, 0.15) is 6.92 Å². The molecule has 1 aromatic heterocycles. The van der Waals surface area contributed by atoms with Gasteiger partial charge >= 0.3 is 0 Å². The van der Waals surface area contributed by atoms with Crippen LogP contribution < -0.4 is 5.32 Å². The maximum atomic E-state index is 12.5. The molecular weight excluding hydrogens is 528 g/mol. The third-order valence-corrected chi connectivity index (χ3v) is 5.71. The molecule has 1 amide bonds. The van der Waals surface area contributed by atoms with Gasteiger partial charge in [-0.3, -0.25) is 14.3 Å². The van der Waals surface area contributed by atoms with E-state index in [1.54, 1.807) is 36.4 Å². The van der Waals surface area contributed by atoms with Crippen LogP contribution in [0.15, 0.2) is 109 Å². The Labute approximate surface area is 214 Å². The average molecular weight is 547 g/mol. The number of hydrogen-bond acceptors (Lipinski definition) is 13. The van der Waals surface area contributed by atoms with Gasteiger partial charge in [-0.25, -0.2) is 5.26 Å². The van der Waals surface area contributed by atoms with Gasteiger partial charge in [-0.15, -0.1) is 14.6 Å². The molecule has 2 aromatic carbocycles. The van der Waals surface area contributed by atoms with Gasteiger partial charge in [-0.05, 0) is 61.5 Å². The lowest BCUT2D eigenvalue weighted by atomic mass is 10.3. The second-order valence-corrected chi connectivity index (χ2v) is 9.04. The quantitative estimate of drug-likeness (QED) is 0.0465. The van der Waals surface area contributed by atoms with Crippen molar-refractivity contribution in [2.24, 2.45) is 20.5 Å². The standard InChI is InChI=1S/C21H18N6O8S2/c1-13(28)20(21(29)23-16-3-2-10-22-12-16)27-26-18-9-6-15(11-19(18)37(31,32)33)25-24-14-4-7-17(8-5-14)36-35-34-30/h2-12,28,30H,1H3,(H,23,29)(H,31,32,33)/b20-13-,25-24?,27-26?. The van der Waals surface area contributed by atoms with Crippen molar-refractivity contribution in [3.05, 3.63) is 78.4 Å². The van der Waals surface area contributed by atoms with Crippen molar-refractivity contribution in [1.29, 1.82) is 0 Å². The maximum absolute atomic E-state index is 12.5. The van der Waals surface area contributed by atoms with E-state index in [2.05, 4.69) is 40.1 Å². The number of amides is 1. The lowest BCUT2D eigenvalue weighted by Gasteiger charge is -2.06. The topological polar surface area (TPSA) is 205 Å². The van der Waals surface area contributed by atoms with Crippen LogP contribution in [0.25, 0.3) is 0 Å². The molecule has 3 rings (SSSR count). The van der Waals surface area contributed by atoms with Crippen molar-refractivity contribution in [1.82, 2.24) is 4.98 Å². The van der Waals surface area contributed by atoms with Crippen LogP contribution in [0.2, 0.25) is 0 Å². The molecule has 0 bridgehead atoms. The third kappa shape index (κ3) is 8.24. The Kier molecular flexibility index (Phi) is 9.50. The summed E-state index contributed by atoms with van der Waals surface area (Å²) in [5.74, 6) is -1.31. The van der Waals surface area contributed by atoms with Gasteiger partial charge in [-0.2, -0.15) is 18.6 Å². The Hall–Kier alpha value is -4.06. The number of hydrogen-bond donors (Lipinski definition) is 4. The average Bonchev–Trinajstić information content (AvgIpc) is 2.87. The van der Waals surface area contributed by atoms with E-state index in [9.17, 15) is 22.9 Å². The van der Waals surface area contributed by atoms with Crippen LogP contribution >= 0.6 is 12.0 Å². The number of carbonyl (C=O) groups excluding carboxylic acids is 1. The largest absolute Gasteiger partial charge is 0.510 e. The number of allylic oxidation sites excluding steroid dienone is 1. The Morgan fingerprint density at radius 1 is 1.05 bits per heavy atom. The van der Waals surface area contributed by atoms with E-state index < -0.39 is 32.4 Å². The summed E-state index contributed by atoms with van der Waals surface area (Å²) in [6, 6.07) is 13.0. The highest BCUT2D eigenvalue weighted by molar-refractivity contribution is 7.94. The van der Waals surface area contributed by atoms with Gasteiger partial charge < -0.3 is 10.4 Å². The van der Waals surface area contributed by atoms with Crippen LogP contribution in [0, 0.1) is 0 Å². The zero-order chi connectivity index (χ0) is 26.8. The highest BCUT2D eigenvalue weighted by Crippen LogP contribution is 2.31. The summed E-state index contributed by atoms with van der Waals surface area (Å²) in [6.07, 6.45) is 2.88. The minimum absolute atomic E-state index is 0.0606. The second kappa shape index (κ2) is 12.8. The van der Waals surface area contributed by atoms with Crippen LogP contribution in [0.3, 0.4) is 0 Å². The predicted molar refractivity (Wildman–Crippen MR) is 130 cm³/mol. The van der Waals surface area contributed by atoms with Crippen molar-refractivity contribution in [3.63, 3.8) is 0 Å². The van der Waals surface area contributed by atoms with E-state index >= 15 is 0 Å². The second-order valence-electron chi connectivity index (χ2n) is 6.88. The monoisotopic (exact) mass is 546 g/mol. The van der Waals surface area contributed by atoms with E-state index in [0.717, 1.165) is 18.1 Å². The van der Waals surface area contributed by atoms with Crippen molar-refractivity contribution in [2.45, 2.75) is 16.7 Å². The SMILES string of the molecule is C/C(O)=C(/N=Nc1ccc(N=Nc2ccc(SOOO)cc2)cc1S(=O)(=O)O)C(=O)Nc1cccnc1. The number of nitrogens with zero attached hydrogens (tertiary/aromatic N) is 5. The molecule has 1 heterocycles. The Morgan fingerprint density at radius 3 is 2.38 bits per heavy atom. The van der Waals surface area contributed by atoms with Gasteiger partial charge in [-0.1, -0.05) is 5.04 Å². The first kappa shape index (κ1) is 27.5. The molecule has 4 N–H and O–H groups in total. The first-order valence-electron chi connectivity index (χ1n) is 9.98. The molecule has 0 atom stereocenters. The summed E-state index contributed by atoms with van der Waals surface area (Å²) >= 11 is 0.755. The summed E-state index contributed by atoms with van der Waals surface area (Å²) < 4.78 is 37.9. The highest BCUT2D eigenvalue weighted by Gasteiger charge is 2.18. The van der Waals surface area contributed by atoms with Crippen molar-refractivity contribution >= 4 is 50.8 Å². The zero-order valence-corrected chi connectivity index (χ0v) is 20.4. The molecule has 0 aliphatic heterocycles. The molecule has 16 heteroatoms. The Bertz CT molecular complexity index is 1440. The van der Waals surface area contributed by atoms with Crippen LogP contribution in [0.4, 0.5) is 22.7 Å². The van der Waals surface area contributed by atoms with Gasteiger partial charge in [0.15, 0.2) is 5.70 Å². The summed E-state index contributed by atoms with van der Waals surface area (Å²) in [7, 11) is -4.78. The number of benzene rings is 2. The molecule has 0 saturated carbocycles. The zero-order valence-electron chi connectivity index (χ0n) is 18.8. The van der Waals surface area contributed by atoms with E-state index in [0.29, 0.717) is 16.3 Å². The maximum Gasteiger partial charge on any atom is 0.296 e. The van der Waals surface area contributed by atoms with Crippen molar-refractivity contribution < 1.29 is 37.5 Å². The number of nitrogens with one attached hydrogen (secondary N) is 1. The fourth-order valence-corrected chi connectivity index (χ4v) is 3.60. The lowest BCUT2D eigenvalue weighted by molar-refractivity contribution is -0.432. The first-order valence-corrected chi connectivity index (χ1v) is 12.2. The van der Waals surface area contributed by atoms with Crippen molar-refractivity contribution in [3.8, 4) is 0 Å². The molecule has 0 aliphatic rings. The molecule has 0 spiro atoms. The predicted octanol–water partition coefficient (Wildman–Crippen LogP) is 5.68. The molecule has 0 saturated heterocycles. The number of carbonyl (C=O) groups is 1. The smallest absolute Gasteiger partial charge is 0.296 e. The van der Waals surface area contributed by atoms with Crippen LogP contribution in [0.5, 0.6) is 0 Å². The number of aliphatic hydroxyl groups excluding tert-OH is 1. The molecule has 14 nitrogen and oxygen atoms in total. The Morgan fingerprint density at radius 2 is 1.76 bits per heavy atom.